The van der Waals surface area contributed by atoms with Crippen LogP contribution in [0.5, 0.6) is 0 Å². The van der Waals surface area contributed by atoms with Crippen LogP contribution in [0.25, 0.3) is 0 Å². The van der Waals surface area contributed by atoms with Crippen molar-refractivity contribution in [3.8, 4) is 0 Å². The number of allylic oxidation sites excluding steroid dienone is 12. The third kappa shape index (κ3) is 47.8. The maximum atomic E-state index is 13.2. The van der Waals surface area contributed by atoms with E-state index in [1.807, 2.05) is 6.08 Å². The minimum Gasteiger partial charge on any atom is -0.462 e. The summed E-state index contributed by atoms with van der Waals surface area (Å²) in [6, 6.07) is -0.717. The first-order chi connectivity index (χ1) is 32.5. The minimum absolute atomic E-state index is 0.0478. The SMILES string of the molecule is CC/C=C\C/C=C\C/C=C\C/C=C\C/C=C\C/C=C\CCC(=O)OC(CCCCCCCCCCCCCCCCCC)CC(=O)NC(CO)C(O)CCCCCCCCCCCCCC. The van der Waals surface area contributed by atoms with Crippen LogP contribution in [0.1, 0.15) is 271 Å². The van der Waals surface area contributed by atoms with Gasteiger partial charge >= 0.3 is 5.97 Å². The Hall–Kier alpha value is -2.70. The Morgan fingerprint density at radius 1 is 0.455 bits per heavy atom. The van der Waals surface area contributed by atoms with Crippen molar-refractivity contribution in [2.45, 2.75) is 289 Å². The molecule has 0 heterocycles. The van der Waals surface area contributed by atoms with Gasteiger partial charge in [0.2, 0.25) is 5.91 Å². The molecule has 0 aromatic rings. The fourth-order valence-electron chi connectivity index (χ4n) is 8.34. The van der Waals surface area contributed by atoms with Crippen molar-refractivity contribution in [1.82, 2.24) is 5.32 Å². The molecule has 0 fully saturated rings. The molecule has 0 rings (SSSR count). The predicted molar refractivity (Wildman–Crippen MR) is 287 cm³/mol. The van der Waals surface area contributed by atoms with E-state index in [0.717, 1.165) is 77.0 Å². The number of nitrogens with one attached hydrogen (secondary N) is 1. The molecule has 0 aromatic heterocycles. The number of aliphatic hydroxyl groups excluding tert-OH is 2. The molecule has 0 aromatic carbocycles. The molecule has 66 heavy (non-hydrogen) atoms. The van der Waals surface area contributed by atoms with Crippen LogP contribution in [-0.4, -0.2) is 46.9 Å². The van der Waals surface area contributed by atoms with Gasteiger partial charge in [0.15, 0.2) is 0 Å². The first kappa shape index (κ1) is 63.3. The number of hydrogen-bond acceptors (Lipinski definition) is 5. The summed E-state index contributed by atoms with van der Waals surface area (Å²) in [6.07, 6.45) is 68.3. The van der Waals surface area contributed by atoms with Crippen molar-refractivity contribution in [2.75, 3.05) is 6.61 Å². The lowest BCUT2D eigenvalue weighted by Crippen LogP contribution is -2.46. The van der Waals surface area contributed by atoms with E-state index in [4.69, 9.17) is 4.74 Å². The minimum atomic E-state index is -0.801. The summed E-state index contributed by atoms with van der Waals surface area (Å²) in [5.41, 5.74) is 0. The predicted octanol–water partition coefficient (Wildman–Crippen LogP) is 17.3. The molecule has 3 atom stereocenters. The zero-order valence-corrected chi connectivity index (χ0v) is 43.6. The highest BCUT2D eigenvalue weighted by molar-refractivity contribution is 5.77. The third-order valence-corrected chi connectivity index (χ3v) is 12.6. The zero-order valence-electron chi connectivity index (χ0n) is 43.6. The summed E-state index contributed by atoms with van der Waals surface area (Å²) in [4.78, 5) is 26.2. The van der Waals surface area contributed by atoms with Crippen LogP contribution in [0.2, 0.25) is 0 Å². The van der Waals surface area contributed by atoms with E-state index in [2.05, 4.69) is 92.9 Å². The Kier molecular flexibility index (Phi) is 51.1. The summed E-state index contributed by atoms with van der Waals surface area (Å²) in [6.45, 7) is 6.37. The van der Waals surface area contributed by atoms with Crippen LogP contribution in [0.4, 0.5) is 0 Å². The van der Waals surface area contributed by atoms with Gasteiger partial charge in [-0.15, -0.1) is 0 Å². The monoisotopic (exact) mass is 922 g/mol. The van der Waals surface area contributed by atoms with Crippen molar-refractivity contribution in [3.63, 3.8) is 0 Å². The van der Waals surface area contributed by atoms with Crippen molar-refractivity contribution in [3.05, 3.63) is 72.9 Å². The van der Waals surface area contributed by atoms with Crippen molar-refractivity contribution < 1.29 is 24.5 Å². The molecule has 6 heteroatoms. The quantitative estimate of drug-likeness (QED) is 0.0321. The molecule has 1 amide bonds. The lowest BCUT2D eigenvalue weighted by molar-refractivity contribution is -0.150. The average molecular weight is 923 g/mol. The van der Waals surface area contributed by atoms with E-state index >= 15 is 0 Å². The van der Waals surface area contributed by atoms with Crippen molar-refractivity contribution >= 4 is 11.9 Å². The first-order valence-corrected chi connectivity index (χ1v) is 28.2. The molecule has 6 nitrogen and oxygen atoms in total. The topological polar surface area (TPSA) is 95.9 Å². The standard InChI is InChI=1S/C60H107NO5/c1-4-7-10-13-16-19-22-25-27-29-30-31-33-35-38-41-44-47-50-53-60(65)66-56(51-48-45-42-39-36-34-32-28-26-23-20-17-14-11-8-5-2)54-59(64)61-57(55-62)58(63)52-49-46-43-40-37-24-21-18-15-12-9-6-3/h7,10,16,19,25,27,30-31,35,38,44,47,56-58,62-63H,4-6,8-9,11-15,17-18,20-24,26,28-29,32-34,36-37,39-43,45-46,48-55H2,1-3H3,(H,61,64)/b10-7-,19-16-,27-25-,31-30-,38-35-,47-44-. The number of ether oxygens (including phenoxy) is 1. The van der Waals surface area contributed by atoms with Crippen molar-refractivity contribution in [1.29, 1.82) is 0 Å². The number of amides is 1. The number of aliphatic hydroxyl groups is 2. The van der Waals surface area contributed by atoms with Crippen LogP contribution < -0.4 is 5.32 Å². The van der Waals surface area contributed by atoms with E-state index in [-0.39, 0.29) is 31.3 Å². The summed E-state index contributed by atoms with van der Waals surface area (Å²) in [5, 5.41) is 23.8. The van der Waals surface area contributed by atoms with E-state index < -0.39 is 18.2 Å². The molecule has 0 saturated heterocycles. The van der Waals surface area contributed by atoms with Crippen LogP contribution in [0, 0.1) is 0 Å². The van der Waals surface area contributed by atoms with Gasteiger partial charge in [0.25, 0.3) is 0 Å². The van der Waals surface area contributed by atoms with E-state index in [1.54, 1.807) is 0 Å². The zero-order chi connectivity index (χ0) is 48.1. The molecular weight excluding hydrogens is 815 g/mol. The number of carbonyl (C=O) groups is 2. The fourth-order valence-corrected chi connectivity index (χ4v) is 8.34. The summed E-state index contributed by atoms with van der Waals surface area (Å²) in [7, 11) is 0. The molecule has 0 aliphatic carbocycles. The van der Waals surface area contributed by atoms with Crippen LogP contribution in [-0.2, 0) is 14.3 Å². The van der Waals surface area contributed by atoms with Crippen LogP contribution >= 0.6 is 0 Å². The van der Waals surface area contributed by atoms with Gasteiger partial charge in [0, 0.05) is 6.42 Å². The fraction of sp³-hybridized carbons (Fsp3) is 0.767. The number of unbranched alkanes of at least 4 members (excludes halogenated alkanes) is 26. The lowest BCUT2D eigenvalue weighted by Gasteiger charge is -2.24. The Balaban J connectivity index is 4.68. The second kappa shape index (κ2) is 53.3. The highest BCUT2D eigenvalue weighted by Crippen LogP contribution is 2.18. The van der Waals surface area contributed by atoms with E-state index in [9.17, 15) is 19.8 Å². The molecule has 0 bridgehead atoms. The molecule has 0 spiro atoms. The Morgan fingerprint density at radius 3 is 1.15 bits per heavy atom. The van der Waals surface area contributed by atoms with Gasteiger partial charge in [-0.3, -0.25) is 9.59 Å². The number of hydrogen-bond donors (Lipinski definition) is 3. The summed E-state index contributed by atoms with van der Waals surface area (Å²) in [5.74, 6) is -0.566. The molecule has 0 aliphatic heterocycles. The highest BCUT2D eigenvalue weighted by Gasteiger charge is 2.24. The van der Waals surface area contributed by atoms with Gasteiger partial charge < -0.3 is 20.3 Å². The smallest absolute Gasteiger partial charge is 0.306 e. The normalized spacial score (nSPS) is 13.7. The molecule has 0 aliphatic rings. The van der Waals surface area contributed by atoms with Gasteiger partial charge in [-0.05, 0) is 64.2 Å². The van der Waals surface area contributed by atoms with Crippen LogP contribution in [0.15, 0.2) is 72.9 Å². The molecular formula is C60H107NO5. The van der Waals surface area contributed by atoms with E-state index in [0.29, 0.717) is 19.3 Å². The molecule has 0 radical (unpaired) electrons. The highest BCUT2D eigenvalue weighted by atomic mass is 16.5. The van der Waals surface area contributed by atoms with Gasteiger partial charge in [0.1, 0.15) is 6.10 Å². The van der Waals surface area contributed by atoms with Gasteiger partial charge in [-0.1, -0.05) is 267 Å². The average Bonchev–Trinajstić information content (AvgIpc) is 3.31. The second-order valence-corrected chi connectivity index (χ2v) is 19.0. The van der Waals surface area contributed by atoms with Gasteiger partial charge in [-0.25, -0.2) is 0 Å². The largest absolute Gasteiger partial charge is 0.462 e. The second-order valence-electron chi connectivity index (χ2n) is 19.0. The van der Waals surface area contributed by atoms with Crippen molar-refractivity contribution in [2.24, 2.45) is 0 Å². The first-order valence-electron chi connectivity index (χ1n) is 28.2. The maximum absolute atomic E-state index is 13.2. The Bertz CT molecular complexity index is 1220. The van der Waals surface area contributed by atoms with Gasteiger partial charge in [-0.2, -0.15) is 0 Å². The van der Waals surface area contributed by atoms with E-state index in [1.165, 1.54) is 141 Å². The lowest BCUT2D eigenvalue weighted by atomic mass is 10.0. The van der Waals surface area contributed by atoms with Crippen LogP contribution in [0.3, 0.4) is 0 Å². The number of carbonyl (C=O) groups excluding carboxylic acids is 2. The summed E-state index contributed by atoms with van der Waals surface area (Å²) < 4.78 is 5.92. The maximum Gasteiger partial charge on any atom is 0.306 e. The molecule has 382 valence electrons. The molecule has 3 N–H and O–H groups in total. The number of esters is 1. The third-order valence-electron chi connectivity index (χ3n) is 12.6. The summed E-state index contributed by atoms with van der Waals surface area (Å²) >= 11 is 0. The molecule has 3 unspecified atom stereocenters. The van der Waals surface area contributed by atoms with Gasteiger partial charge in [0.05, 0.1) is 25.2 Å². The Labute approximate surface area is 409 Å². The Morgan fingerprint density at radius 2 is 0.788 bits per heavy atom. The molecule has 0 saturated carbocycles. The number of rotatable bonds is 50.